The fourth-order valence-electron chi connectivity index (χ4n) is 4.52. The molecule has 4 aromatic rings. The van der Waals surface area contributed by atoms with Crippen LogP contribution >= 0.6 is 0 Å². The predicted molar refractivity (Wildman–Crippen MR) is 123 cm³/mol. The average molecular weight is 480 g/mol. The average Bonchev–Trinajstić information content (AvgIpc) is 3.56. The number of hydrogen-bond acceptors (Lipinski definition) is 8. The zero-order valence-corrected chi connectivity index (χ0v) is 18.7. The number of benzene rings is 1. The van der Waals surface area contributed by atoms with E-state index in [-0.39, 0.29) is 12.3 Å². The first-order valence-electron chi connectivity index (χ1n) is 10.8. The second kappa shape index (κ2) is 7.64. The molecule has 1 saturated heterocycles. The summed E-state index contributed by atoms with van der Waals surface area (Å²) in [5, 5.41) is 14.0. The summed E-state index contributed by atoms with van der Waals surface area (Å²) in [5.41, 5.74) is 1.41. The molecule has 0 saturated carbocycles. The molecule has 2 aliphatic rings. The number of nitrogens with zero attached hydrogens (tertiary/aromatic N) is 4. The van der Waals surface area contributed by atoms with Gasteiger partial charge in [0.15, 0.2) is 11.3 Å². The van der Waals surface area contributed by atoms with Crippen molar-refractivity contribution >= 4 is 28.9 Å². The van der Waals surface area contributed by atoms with Gasteiger partial charge in [-0.05, 0) is 35.9 Å². The Morgan fingerprint density at radius 1 is 1.14 bits per heavy atom. The number of ether oxygens (including phenoxy) is 1. The molecule has 0 spiro atoms. The SMILES string of the molecule is COc1ccc2c(c1)C(=O)N([C@@]1(c3cc4nc(-c5cncc(C#N)c5)ccc4o3)NC(=O)NC1=O)C2. The number of hydrogen-bond donors (Lipinski definition) is 2. The molecular weight excluding hydrogens is 464 g/mol. The van der Waals surface area contributed by atoms with Crippen LogP contribution in [0.4, 0.5) is 4.79 Å². The van der Waals surface area contributed by atoms with Crippen molar-refractivity contribution in [2.45, 2.75) is 12.2 Å². The van der Waals surface area contributed by atoms with Gasteiger partial charge in [-0.15, -0.1) is 0 Å². The van der Waals surface area contributed by atoms with Crippen molar-refractivity contribution in [1.82, 2.24) is 25.5 Å². The minimum atomic E-state index is -1.91. The number of rotatable bonds is 4. The van der Waals surface area contributed by atoms with Gasteiger partial charge in [0.25, 0.3) is 17.5 Å². The Bertz CT molecular complexity index is 1650. The molecule has 6 rings (SSSR count). The van der Waals surface area contributed by atoms with Crippen LogP contribution < -0.4 is 15.4 Å². The van der Waals surface area contributed by atoms with E-state index in [1.54, 1.807) is 42.6 Å². The molecule has 3 aromatic heterocycles. The lowest BCUT2D eigenvalue weighted by atomic mass is 10.0. The van der Waals surface area contributed by atoms with Gasteiger partial charge in [-0.2, -0.15) is 5.26 Å². The molecular formula is C25H16N6O5. The van der Waals surface area contributed by atoms with Crippen molar-refractivity contribution in [1.29, 1.82) is 5.26 Å². The molecule has 11 nitrogen and oxygen atoms in total. The van der Waals surface area contributed by atoms with Gasteiger partial charge in [0.2, 0.25) is 0 Å². The summed E-state index contributed by atoms with van der Waals surface area (Å²) in [5.74, 6) is -0.684. The Balaban J connectivity index is 1.46. The van der Waals surface area contributed by atoms with Crippen molar-refractivity contribution in [2.24, 2.45) is 0 Å². The Kier molecular flexibility index (Phi) is 4.52. The fourth-order valence-corrected chi connectivity index (χ4v) is 4.52. The Labute approximate surface area is 203 Å². The highest BCUT2D eigenvalue weighted by Crippen LogP contribution is 2.39. The first-order chi connectivity index (χ1) is 17.4. The van der Waals surface area contributed by atoms with E-state index in [1.807, 2.05) is 6.07 Å². The largest absolute Gasteiger partial charge is 0.497 e. The molecule has 0 unspecified atom stereocenters. The summed E-state index contributed by atoms with van der Waals surface area (Å²) >= 11 is 0. The molecule has 4 amide bonds. The van der Waals surface area contributed by atoms with Gasteiger partial charge in [-0.3, -0.25) is 24.8 Å². The number of pyridine rings is 2. The van der Waals surface area contributed by atoms with E-state index in [4.69, 9.17) is 14.4 Å². The van der Waals surface area contributed by atoms with E-state index in [0.29, 0.717) is 44.8 Å². The first kappa shape index (κ1) is 21.3. The molecule has 1 aromatic carbocycles. The topological polar surface area (TPSA) is 150 Å². The lowest BCUT2D eigenvalue weighted by Gasteiger charge is -2.33. The van der Waals surface area contributed by atoms with Crippen LogP contribution in [0.1, 0.15) is 27.2 Å². The number of amides is 4. The molecule has 1 atom stereocenters. The molecule has 0 aliphatic carbocycles. The van der Waals surface area contributed by atoms with Crippen molar-refractivity contribution in [3.8, 4) is 23.1 Å². The number of aromatic nitrogens is 2. The van der Waals surface area contributed by atoms with Gasteiger partial charge < -0.3 is 14.5 Å². The number of urea groups is 1. The lowest BCUT2D eigenvalue weighted by Crippen LogP contribution is -2.57. The molecule has 0 radical (unpaired) electrons. The fraction of sp³-hybridized carbons (Fsp3) is 0.120. The number of nitrogens with one attached hydrogen (secondary N) is 2. The van der Waals surface area contributed by atoms with E-state index in [1.165, 1.54) is 24.3 Å². The van der Waals surface area contributed by atoms with Crippen LogP contribution in [-0.4, -0.2) is 39.8 Å². The maximum absolute atomic E-state index is 13.4. The Morgan fingerprint density at radius 3 is 2.75 bits per heavy atom. The predicted octanol–water partition coefficient (Wildman–Crippen LogP) is 2.42. The molecule has 176 valence electrons. The van der Waals surface area contributed by atoms with Crippen LogP contribution in [-0.2, 0) is 17.0 Å². The highest BCUT2D eigenvalue weighted by atomic mass is 16.5. The third kappa shape index (κ3) is 3.01. The second-order valence-corrected chi connectivity index (χ2v) is 8.30. The highest BCUT2D eigenvalue weighted by molar-refractivity contribution is 6.11. The van der Waals surface area contributed by atoms with E-state index in [0.717, 1.165) is 0 Å². The van der Waals surface area contributed by atoms with Crippen LogP contribution in [0.2, 0.25) is 0 Å². The third-order valence-corrected chi connectivity index (χ3v) is 6.27. The van der Waals surface area contributed by atoms with E-state index < -0.39 is 23.5 Å². The number of furan rings is 1. The molecule has 2 N–H and O–H groups in total. The van der Waals surface area contributed by atoms with Gasteiger partial charge >= 0.3 is 6.03 Å². The summed E-state index contributed by atoms with van der Waals surface area (Å²) < 4.78 is 11.2. The molecule has 1 fully saturated rings. The van der Waals surface area contributed by atoms with E-state index >= 15 is 0 Å². The minimum absolute atomic E-state index is 0.0301. The van der Waals surface area contributed by atoms with Crippen molar-refractivity contribution in [3.63, 3.8) is 0 Å². The van der Waals surface area contributed by atoms with Gasteiger partial charge in [-0.1, -0.05) is 6.07 Å². The van der Waals surface area contributed by atoms with Gasteiger partial charge in [0.1, 0.15) is 17.3 Å². The van der Waals surface area contributed by atoms with Gasteiger partial charge in [0, 0.05) is 29.6 Å². The van der Waals surface area contributed by atoms with Crippen molar-refractivity contribution < 1.29 is 23.5 Å². The number of imide groups is 1. The smallest absolute Gasteiger partial charge is 0.324 e. The van der Waals surface area contributed by atoms with Crippen LogP contribution in [0.15, 0.2) is 59.3 Å². The van der Waals surface area contributed by atoms with Crippen molar-refractivity contribution in [3.05, 3.63) is 77.3 Å². The van der Waals surface area contributed by atoms with E-state index in [2.05, 4.69) is 20.6 Å². The standard InChI is InChI=1S/C25H16N6O5/c1-35-16-3-2-14-12-31(22(32)17(14)7-16)25(23(33)29-24(34)30-25)21-8-19-20(36-21)5-4-18(28-19)15-6-13(9-26)10-27-11-15/h2-8,10-11H,12H2,1H3,(H2,29,30,33,34)/t25-/m1/s1. The lowest BCUT2D eigenvalue weighted by molar-refractivity contribution is -0.131. The zero-order chi connectivity index (χ0) is 25.0. The number of methoxy groups -OCH3 is 1. The summed E-state index contributed by atoms with van der Waals surface area (Å²) in [7, 11) is 1.49. The second-order valence-electron chi connectivity index (χ2n) is 8.30. The summed E-state index contributed by atoms with van der Waals surface area (Å²) in [6.07, 6.45) is 3.03. The first-order valence-corrected chi connectivity index (χ1v) is 10.8. The molecule has 5 heterocycles. The van der Waals surface area contributed by atoms with Crippen molar-refractivity contribution in [2.75, 3.05) is 7.11 Å². The number of nitriles is 1. The quantitative estimate of drug-likeness (QED) is 0.423. The number of carbonyl (C=O) groups is 3. The monoisotopic (exact) mass is 480 g/mol. The zero-order valence-electron chi connectivity index (χ0n) is 18.7. The van der Waals surface area contributed by atoms with Gasteiger partial charge in [-0.25, -0.2) is 9.78 Å². The molecule has 36 heavy (non-hydrogen) atoms. The molecule has 2 aliphatic heterocycles. The van der Waals surface area contributed by atoms with E-state index in [9.17, 15) is 14.4 Å². The number of carbonyl (C=O) groups excluding carboxylic acids is 3. The third-order valence-electron chi connectivity index (χ3n) is 6.27. The summed E-state index contributed by atoms with van der Waals surface area (Å²) in [4.78, 5) is 48.9. The number of fused-ring (bicyclic) bond motifs is 2. The van der Waals surface area contributed by atoms with Crippen LogP contribution in [0.3, 0.4) is 0 Å². The molecule has 11 heteroatoms. The highest BCUT2D eigenvalue weighted by Gasteiger charge is 2.58. The Morgan fingerprint density at radius 2 is 2.00 bits per heavy atom. The Hall–Kier alpha value is -5.24. The van der Waals surface area contributed by atoms with Gasteiger partial charge in [0.05, 0.1) is 24.9 Å². The molecule has 0 bridgehead atoms. The van der Waals surface area contributed by atoms with Crippen LogP contribution in [0.5, 0.6) is 5.75 Å². The minimum Gasteiger partial charge on any atom is -0.497 e. The maximum atomic E-state index is 13.4. The summed E-state index contributed by atoms with van der Waals surface area (Å²) in [6.45, 7) is 0.0637. The maximum Gasteiger partial charge on any atom is 0.324 e. The van der Waals surface area contributed by atoms with Crippen LogP contribution in [0.25, 0.3) is 22.4 Å². The summed E-state index contributed by atoms with van der Waals surface area (Å²) in [6, 6.07) is 12.9. The van der Waals surface area contributed by atoms with Crippen LogP contribution in [0, 0.1) is 11.3 Å². The normalized spacial score (nSPS) is 18.7.